The number of hydrogen-bond acceptors (Lipinski definition) is 1. The van der Waals surface area contributed by atoms with Crippen LogP contribution >= 0.6 is 0 Å². The molecule has 0 aliphatic rings. The quantitative estimate of drug-likeness (QED) is 0.403. The van der Waals surface area contributed by atoms with Gasteiger partial charge in [0.05, 0.1) is 0 Å². The molecule has 0 aliphatic carbocycles. The Morgan fingerprint density at radius 3 is 1.29 bits per heavy atom. The van der Waals surface area contributed by atoms with Crippen LogP contribution in [0.15, 0.2) is 69.6 Å². The minimum absolute atomic E-state index is 1.37. The van der Waals surface area contributed by atoms with Gasteiger partial charge in [0.2, 0.25) is 0 Å². The predicted octanol–water partition coefficient (Wildman–Crippen LogP) is 1.71. The summed E-state index contributed by atoms with van der Waals surface area (Å²) >= 11 is 0. The van der Waals surface area contributed by atoms with Gasteiger partial charge in [-0.25, -0.2) is 4.79 Å². The van der Waals surface area contributed by atoms with Crippen molar-refractivity contribution in [2.45, 2.75) is 0 Å². The van der Waals surface area contributed by atoms with Gasteiger partial charge in [0.1, 0.15) is 0 Å². The van der Waals surface area contributed by atoms with Gasteiger partial charge in [0, 0.05) is 28.7 Å². The fourth-order valence-electron chi connectivity index (χ4n) is 0.320. The Kier molecular flexibility index (Phi) is 7.90. The second-order valence-corrected chi connectivity index (χ2v) is 1.53. The molecule has 14 heavy (non-hydrogen) atoms. The molecule has 0 spiro atoms. The van der Waals surface area contributed by atoms with Gasteiger partial charge in [0.25, 0.3) is 0 Å². The first kappa shape index (κ1) is 11.0. The van der Waals surface area contributed by atoms with Crippen LogP contribution in [0, 0.1) is 0 Å². The summed E-state index contributed by atoms with van der Waals surface area (Å²) in [4.78, 5) is 9.59. The molecule has 0 heterocycles. The van der Waals surface area contributed by atoms with E-state index >= 15 is 0 Å². The molecule has 0 radical (unpaired) electrons. The van der Waals surface area contributed by atoms with Crippen LogP contribution in [-0.4, -0.2) is 5.94 Å². The summed E-state index contributed by atoms with van der Waals surface area (Å²) in [6.45, 7) is 3.27. The van der Waals surface area contributed by atoms with E-state index in [9.17, 15) is 4.79 Å². The van der Waals surface area contributed by atoms with Crippen LogP contribution in [0.2, 0.25) is 0 Å². The Morgan fingerprint density at radius 2 is 0.929 bits per heavy atom. The van der Waals surface area contributed by atoms with Crippen molar-refractivity contribution >= 4 is 5.94 Å². The van der Waals surface area contributed by atoms with E-state index in [0.29, 0.717) is 0 Å². The molecule has 0 unspecified atom stereocenters. The summed E-state index contributed by atoms with van der Waals surface area (Å²) in [6.07, 6.45) is 0. The van der Waals surface area contributed by atoms with Crippen LogP contribution in [0.3, 0.4) is 0 Å². The molecule has 0 atom stereocenters. The fourth-order valence-corrected chi connectivity index (χ4v) is 0.320. The average molecular weight is 174 g/mol. The smallest absolute Gasteiger partial charge is 0.186 e. The van der Waals surface area contributed by atoms with Crippen LogP contribution in [0.25, 0.3) is 0 Å². The lowest BCUT2D eigenvalue weighted by atomic mass is 10.6. The summed E-state index contributed by atoms with van der Waals surface area (Å²) < 4.78 is 0. The highest BCUT2D eigenvalue weighted by Crippen LogP contribution is 1.54. The maximum absolute atomic E-state index is 9.59. The first-order valence-corrected chi connectivity index (χ1v) is 3.31. The molecule has 0 N–H and O–H groups in total. The molecule has 1 heteroatoms. The van der Waals surface area contributed by atoms with Gasteiger partial charge in [-0.05, 0) is 35.2 Å². The molecular formula is C13H2O. The van der Waals surface area contributed by atoms with E-state index in [1.165, 1.54) is 5.94 Å². The zero-order chi connectivity index (χ0) is 10.5. The van der Waals surface area contributed by atoms with Crippen molar-refractivity contribution in [3.8, 4) is 0 Å². The number of rotatable bonds is 0. The number of hydrogen-bond donors (Lipinski definition) is 0. The third-order valence-corrected chi connectivity index (χ3v) is 0.702. The Hall–Kier alpha value is -2.97. The minimum Gasteiger partial charge on any atom is -0.223 e. The standard InChI is InChI=1S/C13H2O/c1-2-3-4-5-6-7-8-9-10-11-12-13-14/h1H2. The molecule has 0 saturated carbocycles. The first-order valence-electron chi connectivity index (χ1n) is 3.31. The topological polar surface area (TPSA) is 17.1 Å². The molecule has 0 aromatic heterocycles. The molecule has 0 fully saturated rings. The van der Waals surface area contributed by atoms with Gasteiger partial charge in [-0.2, -0.15) is 0 Å². The van der Waals surface area contributed by atoms with E-state index < -0.39 is 0 Å². The minimum atomic E-state index is 1.37. The summed E-state index contributed by atoms with van der Waals surface area (Å²) in [5.74, 6) is 1.37. The van der Waals surface area contributed by atoms with Crippen molar-refractivity contribution in [1.82, 2.24) is 0 Å². The van der Waals surface area contributed by atoms with E-state index in [2.05, 4.69) is 63.9 Å². The summed E-state index contributed by atoms with van der Waals surface area (Å²) in [7, 11) is 0. The zero-order valence-electron chi connectivity index (χ0n) is 7.12. The molecular weight excluding hydrogens is 172 g/mol. The summed E-state index contributed by atoms with van der Waals surface area (Å²) in [5.41, 5.74) is 25.8. The number of carbonyl (C=O) groups excluding carboxylic acids is 1. The highest BCUT2D eigenvalue weighted by Gasteiger charge is 1.40. The lowest BCUT2D eigenvalue weighted by molar-refractivity contribution is 0.569. The van der Waals surface area contributed by atoms with E-state index in [1.807, 2.05) is 5.73 Å². The maximum Gasteiger partial charge on any atom is 0.186 e. The Balaban J connectivity index is 5.57. The second kappa shape index (κ2) is 10.0. The molecule has 0 aliphatic heterocycles. The third kappa shape index (κ3) is 9.03. The van der Waals surface area contributed by atoms with Crippen molar-refractivity contribution in [2.75, 3.05) is 0 Å². The lowest BCUT2D eigenvalue weighted by Gasteiger charge is -1.38. The van der Waals surface area contributed by atoms with Gasteiger partial charge in [0.15, 0.2) is 5.94 Å². The first-order chi connectivity index (χ1) is 6.91. The zero-order valence-corrected chi connectivity index (χ0v) is 7.12. The monoisotopic (exact) mass is 174 g/mol. The van der Waals surface area contributed by atoms with Crippen LogP contribution in [-0.2, 0) is 4.79 Å². The third-order valence-electron chi connectivity index (χ3n) is 0.702. The molecule has 60 valence electrons. The van der Waals surface area contributed by atoms with Crippen LogP contribution in [0.5, 0.6) is 0 Å². The van der Waals surface area contributed by atoms with E-state index in [-0.39, 0.29) is 0 Å². The highest BCUT2D eigenvalue weighted by atomic mass is 16.1. The average Bonchev–Trinajstić information content (AvgIpc) is 2.21. The lowest BCUT2D eigenvalue weighted by Crippen LogP contribution is -1.29. The summed E-state index contributed by atoms with van der Waals surface area (Å²) in [5, 5.41) is 0. The van der Waals surface area contributed by atoms with Crippen molar-refractivity contribution in [1.29, 1.82) is 0 Å². The SMILES string of the molecule is C=C=C=C=C=C=C=C=C=C=C=C=C=O. The van der Waals surface area contributed by atoms with Gasteiger partial charge >= 0.3 is 0 Å². The van der Waals surface area contributed by atoms with E-state index in [4.69, 9.17) is 0 Å². The van der Waals surface area contributed by atoms with Crippen LogP contribution in [0.1, 0.15) is 0 Å². The Labute approximate surface area is 81.0 Å². The van der Waals surface area contributed by atoms with Crippen molar-refractivity contribution in [3.05, 3.63) is 69.6 Å². The molecule has 0 aromatic rings. The molecule has 0 aromatic carbocycles. The van der Waals surface area contributed by atoms with Gasteiger partial charge in [-0.3, -0.25) is 0 Å². The highest BCUT2D eigenvalue weighted by molar-refractivity contribution is 5.43. The molecule has 1 nitrogen and oxygen atoms in total. The van der Waals surface area contributed by atoms with Crippen molar-refractivity contribution in [2.24, 2.45) is 0 Å². The maximum atomic E-state index is 9.59. The Bertz CT molecular complexity index is 573. The molecule has 0 bridgehead atoms. The normalized spacial score (nSPS) is 3.71. The molecule has 0 saturated heterocycles. The van der Waals surface area contributed by atoms with Crippen molar-refractivity contribution in [3.63, 3.8) is 0 Å². The second-order valence-electron chi connectivity index (χ2n) is 1.53. The van der Waals surface area contributed by atoms with E-state index in [0.717, 1.165) is 0 Å². The molecule has 0 rings (SSSR count). The Morgan fingerprint density at radius 1 is 0.571 bits per heavy atom. The van der Waals surface area contributed by atoms with E-state index in [1.54, 1.807) is 0 Å². The fraction of sp³-hybridized carbons (Fsp3) is 0. The van der Waals surface area contributed by atoms with Crippen LogP contribution in [0.4, 0.5) is 0 Å². The summed E-state index contributed by atoms with van der Waals surface area (Å²) in [6, 6.07) is 0. The predicted molar refractivity (Wildman–Crippen MR) is 50.0 cm³/mol. The van der Waals surface area contributed by atoms with Crippen molar-refractivity contribution < 1.29 is 4.79 Å². The largest absolute Gasteiger partial charge is 0.223 e. The van der Waals surface area contributed by atoms with Crippen LogP contribution < -0.4 is 0 Å². The van der Waals surface area contributed by atoms with Gasteiger partial charge in [-0.15, -0.1) is 0 Å². The van der Waals surface area contributed by atoms with Gasteiger partial charge in [-0.1, -0.05) is 5.73 Å². The van der Waals surface area contributed by atoms with Gasteiger partial charge < -0.3 is 0 Å². The molecule has 0 amide bonds.